The molecule has 0 bridgehead atoms. The number of hydrogen-bond acceptors (Lipinski definition) is 3. The van der Waals surface area contributed by atoms with Crippen LogP contribution in [0.2, 0.25) is 0 Å². The Kier molecular flexibility index (Phi) is 6.05. The van der Waals surface area contributed by atoms with Gasteiger partial charge in [-0.2, -0.15) is 0 Å². The Hall–Kier alpha value is -1.03. The molecule has 1 aliphatic heterocycles. The molecule has 1 N–H and O–H groups in total. The van der Waals surface area contributed by atoms with Crippen LogP contribution in [0.25, 0.3) is 0 Å². The monoisotopic (exact) mass is 240 g/mol. The molecule has 0 aromatic heterocycles. The van der Waals surface area contributed by atoms with Crippen LogP contribution in [-0.4, -0.2) is 43.3 Å². The maximum atomic E-state index is 11.3. The standard InChI is InChI=1S/C13H24N2O2/c1-4-17-13(16)14-12-6-5-8-15(10-12)9-7-11(2)3/h7,12H,4-6,8-10H2,1-3H3,(H,14,16)/t12-/m1/s1. The molecule has 0 aromatic carbocycles. The summed E-state index contributed by atoms with van der Waals surface area (Å²) >= 11 is 0. The van der Waals surface area contributed by atoms with Gasteiger partial charge in [0.15, 0.2) is 0 Å². The van der Waals surface area contributed by atoms with Crippen LogP contribution in [0, 0.1) is 0 Å². The van der Waals surface area contributed by atoms with Crippen molar-refractivity contribution >= 4 is 6.09 Å². The molecule has 1 amide bonds. The molecule has 1 heterocycles. The lowest BCUT2D eigenvalue weighted by Gasteiger charge is -2.32. The van der Waals surface area contributed by atoms with Crippen LogP contribution in [0.15, 0.2) is 11.6 Å². The van der Waals surface area contributed by atoms with Crippen molar-refractivity contribution in [1.82, 2.24) is 10.2 Å². The summed E-state index contributed by atoms with van der Waals surface area (Å²) in [6.45, 7) is 9.48. The lowest BCUT2D eigenvalue weighted by Crippen LogP contribution is -2.47. The number of ether oxygens (including phenoxy) is 1. The first-order valence-corrected chi connectivity index (χ1v) is 6.40. The molecule has 1 fully saturated rings. The number of allylic oxidation sites excluding steroid dienone is 1. The Morgan fingerprint density at radius 3 is 2.94 bits per heavy atom. The highest BCUT2D eigenvalue weighted by Gasteiger charge is 2.20. The quantitative estimate of drug-likeness (QED) is 0.766. The van der Waals surface area contributed by atoms with Gasteiger partial charge in [0.25, 0.3) is 0 Å². The molecule has 1 atom stereocenters. The van der Waals surface area contributed by atoms with Crippen molar-refractivity contribution in [1.29, 1.82) is 0 Å². The minimum atomic E-state index is -0.290. The van der Waals surface area contributed by atoms with Crippen LogP contribution in [0.1, 0.15) is 33.6 Å². The number of rotatable bonds is 4. The van der Waals surface area contributed by atoms with Gasteiger partial charge in [-0.15, -0.1) is 0 Å². The molecule has 0 aliphatic carbocycles. The number of amides is 1. The van der Waals surface area contributed by atoms with E-state index in [2.05, 4.69) is 30.1 Å². The van der Waals surface area contributed by atoms with Crippen molar-refractivity contribution in [3.05, 3.63) is 11.6 Å². The molecule has 1 rings (SSSR count). The zero-order chi connectivity index (χ0) is 12.7. The predicted octanol–water partition coefficient (Wildman–Crippen LogP) is 2.16. The maximum absolute atomic E-state index is 11.3. The first kappa shape index (κ1) is 14.0. The fraction of sp³-hybridized carbons (Fsp3) is 0.769. The number of piperidine rings is 1. The van der Waals surface area contributed by atoms with Crippen LogP contribution in [-0.2, 0) is 4.74 Å². The average molecular weight is 240 g/mol. The number of carbonyl (C=O) groups excluding carboxylic acids is 1. The predicted molar refractivity (Wildman–Crippen MR) is 69.1 cm³/mol. The van der Waals surface area contributed by atoms with E-state index in [0.717, 1.165) is 32.5 Å². The smallest absolute Gasteiger partial charge is 0.407 e. The highest BCUT2D eigenvalue weighted by Crippen LogP contribution is 2.10. The minimum absolute atomic E-state index is 0.230. The normalized spacial score (nSPS) is 20.8. The lowest BCUT2D eigenvalue weighted by molar-refractivity contribution is 0.136. The number of alkyl carbamates (subject to hydrolysis) is 1. The molecule has 0 unspecified atom stereocenters. The first-order chi connectivity index (χ1) is 8.11. The Labute approximate surface area is 104 Å². The van der Waals surface area contributed by atoms with E-state index >= 15 is 0 Å². The third kappa shape index (κ3) is 5.73. The molecule has 4 heteroatoms. The topological polar surface area (TPSA) is 41.6 Å². The van der Waals surface area contributed by atoms with Crippen LogP contribution >= 0.6 is 0 Å². The second-order valence-electron chi connectivity index (χ2n) is 4.75. The largest absolute Gasteiger partial charge is 0.450 e. The van der Waals surface area contributed by atoms with Crippen molar-refractivity contribution in [2.24, 2.45) is 0 Å². The summed E-state index contributed by atoms with van der Waals surface area (Å²) in [6, 6.07) is 0.230. The second kappa shape index (κ2) is 7.33. The molecule has 0 radical (unpaired) electrons. The Morgan fingerprint density at radius 2 is 2.29 bits per heavy atom. The Balaban J connectivity index is 2.33. The van der Waals surface area contributed by atoms with E-state index in [9.17, 15) is 4.79 Å². The van der Waals surface area contributed by atoms with Gasteiger partial charge in [0.1, 0.15) is 0 Å². The van der Waals surface area contributed by atoms with E-state index in [4.69, 9.17) is 4.74 Å². The van der Waals surface area contributed by atoms with E-state index in [0.29, 0.717) is 6.61 Å². The van der Waals surface area contributed by atoms with E-state index in [-0.39, 0.29) is 12.1 Å². The van der Waals surface area contributed by atoms with Gasteiger partial charge in [0.2, 0.25) is 0 Å². The third-order valence-electron chi connectivity index (χ3n) is 2.86. The number of nitrogens with zero attached hydrogens (tertiary/aromatic N) is 1. The number of nitrogens with one attached hydrogen (secondary N) is 1. The van der Waals surface area contributed by atoms with Crippen LogP contribution in [0.5, 0.6) is 0 Å². The van der Waals surface area contributed by atoms with Crippen molar-refractivity contribution in [2.75, 3.05) is 26.2 Å². The zero-order valence-electron chi connectivity index (χ0n) is 11.2. The first-order valence-electron chi connectivity index (χ1n) is 6.40. The number of likely N-dealkylation sites (tertiary alicyclic amines) is 1. The molecular weight excluding hydrogens is 216 g/mol. The highest BCUT2D eigenvalue weighted by molar-refractivity contribution is 5.67. The van der Waals surface area contributed by atoms with Gasteiger partial charge in [0.05, 0.1) is 6.61 Å². The van der Waals surface area contributed by atoms with Gasteiger partial charge in [0, 0.05) is 19.1 Å². The van der Waals surface area contributed by atoms with Gasteiger partial charge in [-0.05, 0) is 40.2 Å². The molecule has 1 saturated heterocycles. The van der Waals surface area contributed by atoms with Crippen molar-refractivity contribution in [2.45, 2.75) is 39.7 Å². The maximum Gasteiger partial charge on any atom is 0.407 e. The summed E-state index contributed by atoms with van der Waals surface area (Å²) in [4.78, 5) is 13.7. The number of hydrogen-bond donors (Lipinski definition) is 1. The SMILES string of the molecule is CCOC(=O)N[C@@H]1CCCN(CC=C(C)C)C1. The van der Waals surface area contributed by atoms with Crippen LogP contribution in [0.3, 0.4) is 0 Å². The summed E-state index contributed by atoms with van der Waals surface area (Å²) in [5.41, 5.74) is 1.34. The molecule has 17 heavy (non-hydrogen) atoms. The third-order valence-corrected chi connectivity index (χ3v) is 2.86. The molecular formula is C13H24N2O2. The molecule has 98 valence electrons. The number of carbonyl (C=O) groups is 1. The van der Waals surface area contributed by atoms with E-state index in [1.54, 1.807) is 0 Å². The minimum Gasteiger partial charge on any atom is -0.450 e. The van der Waals surface area contributed by atoms with E-state index in [1.807, 2.05) is 6.92 Å². The van der Waals surface area contributed by atoms with Crippen molar-refractivity contribution in [3.8, 4) is 0 Å². The summed E-state index contributed by atoms with van der Waals surface area (Å²) in [5, 5.41) is 2.91. The van der Waals surface area contributed by atoms with Crippen molar-refractivity contribution in [3.63, 3.8) is 0 Å². The van der Waals surface area contributed by atoms with Gasteiger partial charge < -0.3 is 10.1 Å². The van der Waals surface area contributed by atoms with E-state index in [1.165, 1.54) is 5.57 Å². The lowest BCUT2D eigenvalue weighted by atomic mass is 10.1. The molecule has 1 aliphatic rings. The summed E-state index contributed by atoms with van der Waals surface area (Å²) < 4.78 is 4.90. The molecule has 0 spiro atoms. The summed E-state index contributed by atoms with van der Waals surface area (Å²) in [6.07, 6.45) is 4.12. The summed E-state index contributed by atoms with van der Waals surface area (Å²) in [7, 11) is 0. The molecule has 0 aromatic rings. The van der Waals surface area contributed by atoms with Gasteiger partial charge in [-0.25, -0.2) is 4.79 Å². The summed E-state index contributed by atoms with van der Waals surface area (Å²) in [5.74, 6) is 0. The van der Waals surface area contributed by atoms with Gasteiger partial charge in [-0.1, -0.05) is 11.6 Å². The van der Waals surface area contributed by atoms with Gasteiger partial charge in [-0.3, -0.25) is 4.90 Å². The van der Waals surface area contributed by atoms with Crippen molar-refractivity contribution < 1.29 is 9.53 Å². The fourth-order valence-electron chi connectivity index (χ4n) is 1.99. The van der Waals surface area contributed by atoms with Gasteiger partial charge >= 0.3 is 6.09 Å². The molecule has 0 saturated carbocycles. The van der Waals surface area contributed by atoms with E-state index < -0.39 is 0 Å². The average Bonchev–Trinajstić information content (AvgIpc) is 2.27. The zero-order valence-corrected chi connectivity index (χ0v) is 11.2. The fourth-order valence-corrected chi connectivity index (χ4v) is 1.99. The molecule has 4 nitrogen and oxygen atoms in total. The second-order valence-corrected chi connectivity index (χ2v) is 4.75. The highest BCUT2D eigenvalue weighted by atomic mass is 16.5. The Bertz CT molecular complexity index is 273. The van der Waals surface area contributed by atoms with Crippen LogP contribution < -0.4 is 5.32 Å². The van der Waals surface area contributed by atoms with Crippen LogP contribution in [0.4, 0.5) is 4.79 Å². The Morgan fingerprint density at radius 1 is 1.53 bits per heavy atom.